The van der Waals surface area contributed by atoms with Gasteiger partial charge in [0, 0.05) is 59.1 Å². The van der Waals surface area contributed by atoms with E-state index in [9.17, 15) is 0 Å². The highest BCUT2D eigenvalue weighted by Crippen LogP contribution is 2.36. The zero-order chi connectivity index (χ0) is 19.9. The number of fused-ring (bicyclic) bond motifs is 6. The average Bonchev–Trinajstić information content (AvgIpc) is 2.85. The van der Waals surface area contributed by atoms with Crippen molar-refractivity contribution in [2.75, 3.05) is 0 Å². The van der Waals surface area contributed by atoms with Crippen LogP contribution in [0.15, 0.2) is 86.2 Å². The number of nitrogens with zero attached hydrogens (tertiary/aromatic N) is 6. The second-order valence-corrected chi connectivity index (χ2v) is 7.03. The Labute approximate surface area is 171 Å². The number of hydrogen-bond acceptors (Lipinski definition) is 6. The first-order valence-electron chi connectivity index (χ1n) is 9.49. The van der Waals surface area contributed by atoms with Gasteiger partial charge in [-0.25, -0.2) is 19.9 Å². The minimum Gasteiger partial charge on any atom is -0.252 e. The lowest BCUT2D eigenvalue weighted by molar-refractivity contribution is 1.17. The Morgan fingerprint density at radius 1 is 0.433 bits per heavy atom. The van der Waals surface area contributed by atoms with Crippen LogP contribution in [0.25, 0.3) is 54.8 Å². The molecule has 30 heavy (non-hydrogen) atoms. The summed E-state index contributed by atoms with van der Waals surface area (Å²) in [4.78, 5) is 25.9. The second-order valence-electron chi connectivity index (χ2n) is 7.03. The Morgan fingerprint density at radius 2 is 0.867 bits per heavy atom. The number of rotatable bonds is 2. The molecule has 3 aromatic carbocycles. The lowest BCUT2D eigenvalue weighted by Crippen LogP contribution is -1.91. The van der Waals surface area contributed by atoms with Gasteiger partial charge in [0.15, 0.2) is 0 Å². The first-order valence-corrected chi connectivity index (χ1v) is 9.49. The molecule has 140 valence electrons. The Morgan fingerprint density at radius 3 is 1.30 bits per heavy atom. The van der Waals surface area contributed by atoms with Crippen LogP contribution in [-0.2, 0) is 0 Å². The van der Waals surface area contributed by atoms with Crippen LogP contribution in [0.2, 0.25) is 0 Å². The van der Waals surface area contributed by atoms with E-state index in [-0.39, 0.29) is 0 Å². The smallest absolute Gasteiger partial charge is 0.115 e. The molecule has 0 bridgehead atoms. The zero-order valence-corrected chi connectivity index (χ0v) is 15.8. The van der Waals surface area contributed by atoms with Gasteiger partial charge in [-0.3, -0.25) is 9.97 Å². The summed E-state index contributed by atoms with van der Waals surface area (Å²) >= 11 is 0. The lowest BCUT2D eigenvalue weighted by Gasteiger charge is -2.12. The van der Waals surface area contributed by atoms with Crippen molar-refractivity contribution in [3.8, 4) is 22.3 Å². The molecule has 0 radical (unpaired) electrons. The van der Waals surface area contributed by atoms with Gasteiger partial charge in [-0.15, -0.1) is 0 Å². The molecular formula is C24H14N6. The topological polar surface area (TPSA) is 77.3 Å². The Balaban J connectivity index is 1.69. The molecule has 0 spiro atoms. The molecule has 0 saturated heterocycles. The van der Waals surface area contributed by atoms with Crippen LogP contribution in [0.4, 0.5) is 0 Å². The summed E-state index contributed by atoms with van der Waals surface area (Å²) < 4.78 is 0. The molecule has 0 N–H and O–H groups in total. The highest BCUT2D eigenvalue weighted by molar-refractivity contribution is 6.24. The van der Waals surface area contributed by atoms with Crippen LogP contribution in [0.3, 0.4) is 0 Å². The zero-order valence-electron chi connectivity index (χ0n) is 15.8. The predicted molar refractivity (Wildman–Crippen MR) is 117 cm³/mol. The quantitative estimate of drug-likeness (QED) is 0.396. The molecule has 0 aliphatic carbocycles. The van der Waals surface area contributed by atoms with Gasteiger partial charge in [-0.1, -0.05) is 24.3 Å². The maximum absolute atomic E-state index is 4.68. The van der Waals surface area contributed by atoms with Gasteiger partial charge in [-0.2, -0.15) is 0 Å². The summed E-state index contributed by atoms with van der Waals surface area (Å²) in [5, 5.41) is 4.38. The summed E-state index contributed by atoms with van der Waals surface area (Å²) in [6.07, 6.45) is 13.8. The van der Waals surface area contributed by atoms with Crippen molar-refractivity contribution in [1.82, 2.24) is 29.9 Å². The van der Waals surface area contributed by atoms with Crippen molar-refractivity contribution in [1.29, 1.82) is 0 Å². The van der Waals surface area contributed by atoms with Crippen LogP contribution >= 0.6 is 0 Å². The van der Waals surface area contributed by atoms with E-state index >= 15 is 0 Å². The van der Waals surface area contributed by atoms with E-state index in [1.807, 2.05) is 24.8 Å². The molecule has 3 aromatic heterocycles. The van der Waals surface area contributed by atoms with Crippen molar-refractivity contribution >= 4 is 32.6 Å². The van der Waals surface area contributed by atoms with Gasteiger partial charge < -0.3 is 0 Å². The third-order valence-corrected chi connectivity index (χ3v) is 5.33. The summed E-state index contributed by atoms with van der Waals surface area (Å²) in [6, 6.07) is 12.8. The van der Waals surface area contributed by atoms with E-state index < -0.39 is 0 Å². The second kappa shape index (κ2) is 6.63. The summed E-state index contributed by atoms with van der Waals surface area (Å²) in [5.74, 6) is 0. The van der Waals surface area contributed by atoms with Crippen LogP contribution in [0.5, 0.6) is 0 Å². The fourth-order valence-corrected chi connectivity index (χ4v) is 3.94. The molecule has 6 aromatic rings. The average molecular weight is 386 g/mol. The van der Waals surface area contributed by atoms with Crippen molar-refractivity contribution in [3.63, 3.8) is 0 Å². The van der Waals surface area contributed by atoms with Gasteiger partial charge >= 0.3 is 0 Å². The maximum Gasteiger partial charge on any atom is 0.115 e. The summed E-state index contributed by atoms with van der Waals surface area (Å²) in [7, 11) is 0. The largest absolute Gasteiger partial charge is 0.252 e. The fraction of sp³-hybridized carbons (Fsp3) is 0. The van der Waals surface area contributed by atoms with Crippen molar-refractivity contribution in [2.45, 2.75) is 0 Å². The Hall–Kier alpha value is -4.32. The Kier molecular flexibility index (Phi) is 3.67. The molecule has 0 unspecified atom stereocenters. The van der Waals surface area contributed by atoms with Crippen molar-refractivity contribution in [2.24, 2.45) is 0 Å². The van der Waals surface area contributed by atoms with Gasteiger partial charge in [0.05, 0.1) is 11.0 Å². The third-order valence-electron chi connectivity index (χ3n) is 5.33. The molecule has 0 fully saturated rings. The normalized spacial score (nSPS) is 11.3. The maximum atomic E-state index is 4.68. The molecular weight excluding hydrogens is 372 g/mol. The van der Waals surface area contributed by atoms with E-state index in [1.54, 1.807) is 12.4 Å². The standard InChI is InChI=1S/C24H14N6/c1-3-19-20-4-2-16(18-11-27-14-28-12-18)8-22(20)24-23(29-5-6-30-24)21(19)7-15(1)17-9-25-13-26-10-17/h1-14H. The SMILES string of the molecule is c1ncc(-c2ccc3c4ccc(-c5cncnc5)cc4c4nccnc4c3c2)cn1. The molecule has 3 heterocycles. The van der Waals surface area contributed by atoms with E-state index in [0.717, 1.165) is 54.8 Å². The van der Waals surface area contributed by atoms with Crippen molar-refractivity contribution in [3.05, 3.63) is 86.2 Å². The number of benzene rings is 3. The molecule has 0 aliphatic rings. The minimum absolute atomic E-state index is 0.875. The van der Waals surface area contributed by atoms with E-state index in [0.29, 0.717) is 0 Å². The van der Waals surface area contributed by atoms with E-state index in [4.69, 9.17) is 0 Å². The highest BCUT2D eigenvalue weighted by Gasteiger charge is 2.13. The third kappa shape index (κ3) is 2.58. The molecule has 6 rings (SSSR count). The first kappa shape index (κ1) is 16.6. The minimum atomic E-state index is 0.875. The van der Waals surface area contributed by atoms with E-state index in [1.165, 1.54) is 12.7 Å². The fourth-order valence-electron chi connectivity index (χ4n) is 3.94. The molecule has 0 aliphatic heterocycles. The van der Waals surface area contributed by atoms with Gasteiger partial charge in [-0.05, 0) is 34.0 Å². The molecule has 0 saturated carbocycles. The van der Waals surface area contributed by atoms with E-state index in [2.05, 4.69) is 66.3 Å². The number of hydrogen-bond donors (Lipinski definition) is 0. The molecule has 6 nitrogen and oxygen atoms in total. The van der Waals surface area contributed by atoms with Crippen LogP contribution < -0.4 is 0 Å². The van der Waals surface area contributed by atoms with Crippen LogP contribution in [-0.4, -0.2) is 29.9 Å². The monoisotopic (exact) mass is 386 g/mol. The van der Waals surface area contributed by atoms with Crippen LogP contribution in [0, 0.1) is 0 Å². The molecule has 0 atom stereocenters. The van der Waals surface area contributed by atoms with Gasteiger partial charge in [0.2, 0.25) is 0 Å². The van der Waals surface area contributed by atoms with Gasteiger partial charge in [0.25, 0.3) is 0 Å². The van der Waals surface area contributed by atoms with Crippen molar-refractivity contribution < 1.29 is 0 Å². The predicted octanol–water partition coefficient (Wildman–Crippen LogP) is 4.85. The Bertz CT molecular complexity index is 1390. The van der Waals surface area contributed by atoms with Crippen LogP contribution in [0.1, 0.15) is 0 Å². The highest BCUT2D eigenvalue weighted by atomic mass is 14.8. The number of aromatic nitrogens is 6. The molecule has 6 heteroatoms. The van der Waals surface area contributed by atoms with Gasteiger partial charge in [0.1, 0.15) is 12.7 Å². The summed E-state index contributed by atoms with van der Waals surface area (Å²) in [5.41, 5.74) is 5.78. The summed E-state index contributed by atoms with van der Waals surface area (Å²) in [6.45, 7) is 0. The lowest BCUT2D eigenvalue weighted by atomic mass is 9.94. The molecule has 0 amide bonds. The first-order chi connectivity index (χ1) is 14.9.